The topological polar surface area (TPSA) is 52.0 Å². The molecule has 0 unspecified atom stereocenters. The fraction of sp³-hybridized carbons (Fsp3) is 0.429. The summed E-state index contributed by atoms with van der Waals surface area (Å²) in [6.45, 7) is 2.28. The Morgan fingerprint density at radius 2 is 2.20 bits per heavy atom. The van der Waals surface area contributed by atoms with Gasteiger partial charge in [0.1, 0.15) is 12.7 Å². The predicted molar refractivity (Wildman–Crippen MR) is 76.7 cm³/mol. The summed E-state index contributed by atoms with van der Waals surface area (Å²) >= 11 is 5.89. The smallest absolute Gasteiger partial charge is 0.137 e. The van der Waals surface area contributed by atoms with Gasteiger partial charge in [0.25, 0.3) is 0 Å². The Morgan fingerprint density at radius 3 is 2.85 bits per heavy atom. The fourth-order valence-electron chi connectivity index (χ4n) is 2.36. The van der Waals surface area contributed by atoms with Crippen molar-refractivity contribution in [3.8, 4) is 0 Å². The molecule has 1 saturated heterocycles. The van der Waals surface area contributed by atoms with Gasteiger partial charge in [0.2, 0.25) is 0 Å². The van der Waals surface area contributed by atoms with Crippen LogP contribution in [-0.2, 0) is 17.7 Å². The zero-order chi connectivity index (χ0) is 13.8. The summed E-state index contributed by atoms with van der Waals surface area (Å²) in [7, 11) is 0. The zero-order valence-corrected chi connectivity index (χ0v) is 11.8. The van der Waals surface area contributed by atoms with Crippen molar-refractivity contribution in [1.29, 1.82) is 0 Å². The minimum Gasteiger partial charge on any atom is -0.373 e. The molecule has 106 valence electrons. The second-order valence-corrected chi connectivity index (χ2v) is 5.45. The third-order valence-electron chi connectivity index (χ3n) is 3.42. The maximum Gasteiger partial charge on any atom is 0.137 e. The molecule has 20 heavy (non-hydrogen) atoms. The molecule has 1 aliphatic rings. The van der Waals surface area contributed by atoms with Crippen LogP contribution < -0.4 is 5.32 Å². The van der Waals surface area contributed by atoms with E-state index in [0.717, 1.165) is 24.5 Å². The molecule has 1 aromatic carbocycles. The molecule has 0 saturated carbocycles. The number of benzene rings is 1. The number of nitrogens with zero attached hydrogens (tertiary/aromatic N) is 3. The second kappa shape index (κ2) is 6.35. The van der Waals surface area contributed by atoms with E-state index in [1.807, 2.05) is 12.1 Å². The molecule has 0 amide bonds. The molecule has 3 rings (SSSR count). The van der Waals surface area contributed by atoms with Crippen molar-refractivity contribution in [2.75, 3.05) is 13.2 Å². The number of hydrogen-bond acceptors (Lipinski definition) is 4. The number of nitrogens with one attached hydrogen (secondary N) is 1. The summed E-state index contributed by atoms with van der Waals surface area (Å²) in [5, 5.41) is 8.39. The Bertz CT molecular complexity index is 521. The fourth-order valence-corrected chi connectivity index (χ4v) is 2.48. The molecule has 0 spiro atoms. The van der Waals surface area contributed by atoms with Crippen LogP contribution in [0.25, 0.3) is 0 Å². The molecule has 6 heteroatoms. The summed E-state index contributed by atoms with van der Waals surface area (Å²) in [6.07, 6.45) is 4.36. The zero-order valence-electron chi connectivity index (χ0n) is 11.1. The van der Waals surface area contributed by atoms with E-state index in [2.05, 4.69) is 27.5 Å². The normalized spacial score (nSPS) is 22.9. The van der Waals surface area contributed by atoms with E-state index in [9.17, 15) is 0 Å². The Kier molecular flexibility index (Phi) is 4.30. The Balaban J connectivity index is 1.47. The van der Waals surface area contributed by atoms with Gasteiger partial charge < -0.3 is 10.1 Å². The van der Waals surface area contributed by atoms with Crippen LogP contribution >= 0.6 is 11.6 Å². The van der Waals surface area contributed by atoms with Crippen LogP contribution in [-0.4, -0.2) is 40.1 Å². The largest absolute Gasteiger partial charge is 0.373 e. The first-order chi connectivity index (χ1) is 9.79. The number of rotatable bonds is 4. The molecule has 0 aliphatic carbocycles. The van der Waals surface area contributed by atoms with E-state index < -0.39 is 0 Å². The number of hydrogen-bond donors (Lipinski definition) is 1. The van der Waals surface area contributed by atoms with E-state index in [1.165, 1.54) is 5.56 Å². The van der Waals surface area contributed by atoms with Gasteiger partial charge in [-0.05, 0) is 24.1 Å². The van der Waals surface area contributed by atoms with E-state index >= 15 is 0 Å². The van der Waals surface area contributed by atoms with Gasteiger partial charge in [-0.2, -0.15) is 5.10 Å². The molecule has 2 atom stereocenters. The van der Waals surface area contributed by atoms with Crippen LogP contribution in [0.4, 0.5) is 0 Å². The number of ether oxygens (including phenoxy) is 1. The summed E-state index contributed by atoms with van der Waals surface area (Å²) in [4.78, 5) is 3.93. The second-order valence-electron chi connectivity index (χ2n) is 5.01. The molecule has 2 heterocycles. The maximum absolute atomic E-state index is 5.89. The van der Waals surface area contributed by atoms with Crippen molar-refractivity contribution < 1.29 is 4.74 Å². The summed E-state index contributed by atoms with van der Waals surface area (Å²) in [6, 6.07) is 8.32. The maximum atomic E-state index is 5.89. The minimum atomic E-state index is 0.151. The average molecular weight is 293 g/mol. The lowest BCUT2D eigenvalue weighted by Gasteiger charge is -2.30. The highest BCUT2D eigenvalue weighted by atomic mass is 35.5. The van der Waals surface area contributed by atoms with Gasteiger partial charge >= 0.3 is 0 Å². The summed E-state index contributed by atoms with van der Waals surface area (Å²) < 4.78 is 7.68. The standard InChI is InChI=1S/C14H17ClN4O/c15-12-3-1-11(2-4-12)5-13-8-20-14(6-17-13)7-19-10-16-9-18-19/h1-4,9-10,13-14,17H,5-8H2/t13-,14+/m0/s1. The van der Waals surface area contributed by atoms with Crippen LogP contribution in [0.2, 0.25) is 5.02 Å². The molecule has 2 aromatic rings. The molecular formula is C14H17ClN4O. The van der Waals surface area contributed by atoms with Crippen molar-refractivity contribution in [3.63, 3.8) is 0 Å². The predicted octanol–water partition coefficient (Wildman–Crippen LogP) is 1.53. The van der Waals surface area contributed by atoms with Crippen LogP contribution in [0.15, 0.2) is 36.9 Å². The molecule has 1 aliphatic heterocycles. The van der Waals surface area contributed by atoms with Crippen LogP contribution in [0, 0.1) is 0 Å². The Hall–Kier alpha value is -1.43. The number of aromatic nitrogens is 3. The van der Waals surface area contributed by atoms with Gasteiger partial charge in [-0.25, -0.2) is 4.98 Å². The van der Waals surface area contributed by atoms with Crippen molar-refractivity contribution >= 4 is 11.6 Å². The highest BCUT2D eigenvalue weighted by molar-refractivity contribution is 6.30. The lowest BCUT2D eigenvalue weighted by molar-refractivity contribution is -0.00651. The minimum absolute atomic E-state index is 0.151. The third kappa shape index (κ3) is 3.56. The average Bonchev–Trinajstić information content (AvgIpc) is 2.96. The molecule has 1 aromatic heterocycles. The summed E-state index contributed by atoms with van der Waals surface area (Å²) in [5.41, 5.74) is 1.27. The van der Waals surface area contributed by atoms with E-state index in [-0.39, 0.29) is 6.10 Å². The monoisotopic (exact) mass is 292 g/mol. The molecule has 1 fully saturated rings. The van der Waals surface area contributed by atoms with Gasteiger partial charge in [-0.3, -0.25) is 4.68 Å². The molecule has 5 nitrogen and oxygen atoms in total. The first kappa shape index (κ1) is 13.5. The van der Waals surface area contributed by atoms with Crippen molar-refractivity contribution in [2.24, 2.45) is 0 Å². The SMILES string of the molecule is Clc1ccc(C[C@H]2CO[C@@H](Cn3cncn3)CN2)cc1. The highest BCUT2D eigenvalue weighted by Crippen LogP contribution is 2.13. The highest BCUT2D eigenvalue weighted by Gasteiger charge is 2.21. The number of morpholine rings is 1. The first-order valence-corrected chi connectivity index (χ1v) is 7.09. The Morgan fingerprint density at radius 1 is 1.35 bits per heavy atom. The molecule has 0 bridgehead atoms. The van der Waals surface area contributed by atoms with Gasteiger partial charge in [-0.1, -0.05) is 23.7 Å². The Labute approximate surface area is 122 Å². The van der Waals surface area contributed by atoms with Crippen LogP contribution in [0.5, 0.6) is 0 Å². The van der Waals surface area contributed by atoms with E-state index in [4.69, 9.17) is 16.3 Å². The van der Waals surface area contributed by atoms with Crippen molar-refractivity contribution in [3.05, 3.63) is 47.5 Å². The van der Waals surface area contributed by atoms with Gasteiger partial charge in [-0.15, -0.1) is 0 Å². The van der Waals surface area contributed by atoms with Gasteiger partial charge in [0.05, 0.1) is 19.3 Å². The van der Waals surface area contributed by atoms with Gasteiger partial charge in [0.15, 0.2) is 0 Å². The molecule has 0 radical (unpaired) electrons. The van der Waals surface area contributed by atoms with Crippen molar-refractivity contribution in [1.82, 2.24) is 20.1 Å². The molecule has 1 N–H and O–H groups in total. The summed E-state index contributed by atoms with van der Waals surface area (Å²) in [5.74, 6) is 0. The lowest BCUT2D eigenvalue weighted by atomic mass is 10.1. The number of halogens is 1. The van der Waals surface area contributed by atoms with Crippen LogP contribution in [0.1, 0.15) is 5.56 Å². The van der Waals surface area contributed by atoms with Gasteiger partial charge in [0, 0.05) is 17.6 Å². The van der Waals surface area contributed by atoms with E-state index in [1.54, 1.807) is 17.3 Å². The first-order valence-electron chi connectivity index (χ1n) is 6.71. The quantitative estimate of drug-likeness (QED) is 0.928. The lowest BCUT2D eigenvalue weighted by Crippen LogP contribution is -2.48. The van der Waals surface area contributed by atoms with Crippen LogP contribution in [0.3, 0.4) is 0 Å². The third-order valence-corrected chi connectivity index (χ3v) is 3.67. The van der Waals surface area contributed by atoms with E-state index in [0.29, 0.717) is 12.6 Å². The van der Waals surface area contributed by atoms with Crippen molar-refractivity contribution in [2.45, 2.75) is 25.1 Å². The molecular weight excluding hydrogens is 276 g/mol.